The van der Waals surface area contributed by atoms with E-state index in [9.17, 15) is 19.2 Å². The lowest BCUT2D eigenvalue weighted by molar-refractivity contribution is -0.149. The molecule has 0 aromatic heterocycles. The summed E-state index contributed by atoms with van der Waals surface area (Å²) in [6.07, 6.45) is -0.344. The SMILES string of the molecule is COc1ccc(Oc2ccc(NC(=O)CCC(=O)OCC(=O)NNC(=O)c3ccccc3)cc2)cc1. The van der Waals surface area contributed by atoms with Crippen molar-refractivity contribution in [3.63, 3.8) is 0 Å². The molecular formula is C26H25N3O7. The Labute approximate surface area is 207 Å². The fourth-order valence-corrected chi connectivity index (χ4v) is 2.87. The molecule has 0 unspecified atom stereocenters. The number of hydrogen-bond donors (Lipinski definition) is 3. The smallest absolute Gasteiger partial charge is 0.306 e. The zero-order chi connectivity index (χ0) is 25.8. The van der Waals surface area contributed by atoms with Gasteiger partial charge in [-0.15, -0.1) is 0 Å². The predicted molar refractivity (Wildman–Crippen MR) is 130 cm³/mol. The Morgan fingerprint density at radius 2 is 1.31 bits per heavy atom. The van der Waals surface area contributed by atoms with Crippen molar-refractivity contribution in [3.05, 3.63) is 84.4 Å². The molecule has 0 radical (unpaired) electrons. The first-order valence-electron chi connectivity index (χ1n) is 10.9. The molecule has 0 saturated heterocycles. The van der Waals surface area contributed by atoms with Crippen LogP contribution >= 0.6 is 0 Å². The summed E-state index contributed by atoms with van der Waals surface area (Å²) >= 11 is 0. The first kappa shape index (κ1) is 25.8. The summed E-state index contributed by atoms with van der Waals surface area (Å²) in [7, 11) is 1.58. The third kappa shape index (κ3) is 8.49. The monoisotopic (exact) mass is 491 g/mol. The van der Waals surface area contributed by atoms with Gasteiger partial charge in [0, 0.05) is 17.7 Å². The lowest BCUT2D eigenvalue weighted by Crippen LogP contribution is -2.43. The van der Waals surface area contributed by atoms with E-state index in [1.165, 1.54) is 0 Å². The maximum Gasteiger partial charge on any atom is 0.306 e. The van der Waals surface area contributed by atoms with Crippen molar-refractivity contribution >= 4 is 29.4 Å². The zero-order valence-corrected chi connectivity index (χ0v) is 19.5. The summed E-state index contributed by atoms with van der Waals surface area (Å²) in [6.45, 7) is -0.592. The maximum atomic E-state index is 12.1. The number of benzene rings is 3. The normalized spacial score (nSPS) is 10.0. The van der Waals surface area contributed by atoms with Crippen LogP contribution in [-0.4, -0.2) is 37.4 Å². The van der Waals surface area contributed by atoms with Gasteiger partial charge in [-0.3, -0.25) is 30.0 Å². The number of rotatable bonds is 10. The van der Waals surface area contributed by atoms with Gasteiger partial charge in [0.05, 0.1) is 13.5 Å². The van der Waals surface area contributed by atoms with Gasteiger partial charge in [-0.2, -0.15) is 0 Å². The maximum absolute atomic E-state index is 12.1. The fraction of sp³-hybridized carbons (Fsp3) is 0.154. The van der Waals surface area contributed by atoms with Gasteiger partial charge < -0.3 is 19.5 Å². The molecule has 3 amide bonds. The Hall–Kier alpha value is -4.86. The summed E-state index contributed by atoms with van der Waals surface area (Å²) in [5.41, 5.74) is 5.25. The molecule has 36 heavy (non-hydrogen) atoms. The number of hydrogen-bond acceptors (Lipinski definition) is 7. The van der Waals surface area contributed by atoms with E-state index in [0.717, 1.165) is 5.75 Å². The highest BCUT2D eigenvalue weighted by molar-refractivity contribution is 5.95. The molecule has 10 heteroatoms. The number of carbonyl (C=O) groups is 4. The molecule has 0 bridgehead atoms. The minimum Gasteiger partial charge on any atom is -0.497 e. The molecule has 10 nitrogen and oxygen atoms in total. The number of anilines is 1. The second-order valence-corrected chi connectivity index (χ2v) is 7.38. The number of carbonyl (C=O) groups excluding carboxylic acids is 4. The number of amides is 3. The van der Waals surface area contributed by atoms with E-state index in [4.69, 9.17) is 14.2 Å². The average molecular weight is 492 g/mol. The summed E-state index contributed by atoms with van der Waals surface area (Å²) < 4.78 is 15.7. The molecule has 3 aromatic rings. The van der Waals surface area contributed by atoms with E-state index in [0.29, 0.717) is 22.7 Å². The van der Waals surface area contributed by atoms with Crippen LogP contribution in [0, 0.1) is 0 Å². The molecule has 0 aliphatic carbocycles. The van der Waals surface area contributed by atoms with Crippen LogP contribution in [-0.2, 0) is 19.1 Å². The van der Waals surface area contributed by atoms with E-state index < -0.39 is 30.3 Å². The molecule has 0 saturated carbocycles. The zero-order valence-electron chi connectivity index (χ0n) is 19.5. The van der Waals surface area contributed by atoms with Crippen LogP contribution in [0.2, 0.25) is 0 Å². The van der Waals surface area contributed by atoms with Gasteiger partial charge in [-0.25, -0.2) is 0 Å². The third-order valence-corrected chi connectivity index (χ3v) is 4.71. The van der Waals surface area contributed by atoms with Crippen molar-refractivity contribution < 1.29 is 33.4 Å². The van der Waals surface area contributed by atoms with Crippen molar-refractivity contribution in [2.75, 3.05) is 19.0 Å². The minimum absolute atomic E-state index is 0.130. The summed E-state index contributed by atoms with van der Waals surface area (Å²) in [4.78, 5) is 47.5. The highest BCUT2D eigenvalue weighted by Crippen LogP contribution is 2.25. The second kappa shape index (κ2) is 13.1. The van der Waals surface area contributed by atoms with Crippen molar-refractivity contribution in [2.45, 2.75) is 12.8 Å². The van der Waals surface area contributed by atoms with Crippen molar-refractivity contribution in [1.82, 2.24) is 10.9 Å². The van der Waals surface area contributed by atoms with Crippen molar-refractivity contribution in [3.8, 4) is 17.2 Å². The lowest BCUT2D eigenvalue weighted by Gasteiger charge is -2.09. The molecule has 186 valence electrons. The van der Waals surface area contributed by atoms with Crippen LogP contribution in [0.1, 0.15) is 23.2 Å². The Morgan fingerprint density at radius 1 is 0.694 bits per heavy atom. The van der Waals surface area contributed by atoms with E-state index >= 15 is 0 Å². The number of ether oxygens (including phenoxy) is 3. The van der Waals surface area contributed by atoms with Gasteiger partial charge in [-0.1, -0.05) is 18.2 Å². The van der Waals surface area contributed by atoms with Crippen LogP contribution in [0.3, 0.4) is 0 Å². The molecule has 3 N–H and O–H groups in total. The van der Waals surface area contributed by atoms with Crippen LogP contribution in [0.15, 0.2) is 78.9 Å². The molecule has 0 atom stereocenters. The molecular weight excluding hydrogens is 466 g/mol. The van der Waals surface area contributed by atoms with E-state index in [1.807, 2.05) is 0 Å². The Kier molecular flexibility index (Phi) is 9.40. The number of hydrazine groups is 1. The molecule has 0 aliphatic rings. The van der Waals surface area contributed by atoms with Crippen molar-refractivity contribution in [2.24, 2.45) is 0 Å². The Bertz CT molecular complexity index is 1180. The predicted octanol–water partition coefficient (Wildman–Crippen LogP) is 3.21. The molecule has 0 aliphatic heterocycles. The highest BCUT2D eigenvalue weighted by Gasteiger charge is 2.12. The quantitative estimate of drug-likeness (QED) is 0.293. The molecule has 0 heterocycles. The van der Waals surface area contributed by atoms with Crippen molar-refractivity contribution in [1.29, 1.82) is 0 Å². The van der Waals surface area contributed by atoms with E-state index in [1.54, 1.807) is 86.0 Å². The molecule has 3 aromatic carbocycles. The lowest BCUT2D eigenvalue weighted by atomic mass is 10.2. The molecule has 0 spiro atoms. The Morgan fingerprint density at radius 3 is 1.94 bits per heavy atom. The molecule has 0 fully saturated rings. The number of nitrogens with one attached hydrogen (secondary N) is 3. The largest absolute Gasteiger partial charge is 0.497 e. The summed E-state index contributed by atoms with van der Waals surface area (Å²) in [5.74, 6) is -0.396. The number of methoxy groups -OCH3 is 1. The first-order chi connectivity index (χ1) is 17.4. The molecule has 3 rings (SSSR count). The second-order valence-electron chi connectivity index (χ2n) is 7.38. The van der Waals surface area contributed by atoms with Gasteiger partial charge in [-0.05, 0) is 60.7 Å². The minimum atomic E-state index is -0.724. The van der Waals surface area contributed by atoms with Crippen LogP contribution in [0.5, 0.6) is 17.2 Å². The third-order valence-electron chi connectivity index (χ3n) is 4.71. The van der Waals surface area contributed by atoms with Gasteiger partial charge in [0.1, 0.15) is 17.2 Å². The average Bonchev–Trinajstić information content (AvgIpc) is 2.91. The van der Waals surface area contributed by atoms with E-state index in [-0.39, 0.29) is 12.8 Å². The van der Waals surface area contributed by atoms with Gasteiger partial charge >= 0.3 is 5.97 Å². The Balaban J connectivity index is 1.32. The van der Waals surface area contributed by atoms with Gasteiger partial charge in [0.25, 0.3) is 11.8 Å². The van der Waals surface area contributed by atoms with Crippen LogP contribution < -0.4 is 25.6 Å². The van der Waals surface area contributed by atoms with E-state index in [2.05, 4.69) is 16.2 Å². The number of esters is 1. The standard InChI is InChI=1S/C26H25N3O7/c1-34-20-11-13-22(14-12-20)36-21-9-7-19(8-10-21)27-23(30)15-16-25(32)35-17-24(31)28-29-26(33)18-5-3-2-4-6-18/h2-14H,15-17H2,1H3,(H,27,30)(H,28,31)(H,29,33). The van der Waals surface area contributed by atoms with Gasteiger partial charge in [0.15, 0.2) is 6.61 Å². The van der Waals surface area contributed by atoms with Crippen LogP contribution in [0.4, 0.5) is 5.69 Å². The summed E-state index contributed by atoms with van der Waals surface area (Å²) in [5, 5.41) is 2.67. The van der Waals surface area contributed by atoms with Crippen LogP contribution in [0.25, 0.3) is 0 Å². The fourth-order valence-electron chi connectivity index (χ4n) is 2.87. The van der Waals surface area contributed by atoms with Gasteiger partial charge in [0.2, 0.25) is 5.91 Å². The highest BCUT2D eigenvalue weighted by atomic mass is 16.5. The first-order valence-corrected chi connectivity index (χ1v) is 10.9. The summed E-state index contributed by atoms with van der Waals surface area (Å²) in [6, 6.07) is 22.1. The topological polar surface area (TPSA) is 132 Å².